The molecule has 1 N–H and O–H groups in total. The zero-order chi connectivity index (χ0) is 23.4. The molecule has 0 radical (unpaired) electrons. The molecule has 1 saturated heterocycles. The van der Waals surface area contributed by atoms with E-state index in [9.17, 15) is 22.8 Å². The van der Waals surface area contributed by atoms with Gasteiger partial charge < -0.3 is 15.0 Å². The number of nitrogens with zero attached hydrogens (tertiary/aromatic N) is 1. The molecule has 1 aliphatic heterocycles. The van der Waals surface area contributed by atoms with Crippen LogP contribution in [0.3, 0.4) is 0 Å². The minimum absolute atomic E-state index is 0.171. The molecule has 2 aromatic rings. The predicted molar refractivity (Wildman–Crippen MR) is 114 cm³/mol. The highest BCUT2D eigenvalue weighted by molar-refractivity contribution is 5.94. The number of amides is 2. The van der Waals surface area contributed by atoms with Crippen molar-refractivity contribution in [2.75, 3.05) is 13.1 Å². The molecular weight excluding hydrogens is 421 g/mol. The Kier molecular flexibility index (Phi) is 7.43. The van der Waals surface area contributed by atoms with Gasteiger partial charge in [-0.15, -0.1) is 0 Å². The van der Waals surface area contributed by atoms with Crippen LogP contribution in [0.5, 0.6) is 5.75 Å². The third-order valence-electron chi connectivity index (χ3n) is 5.62. The van der Waals surface area contributed by atoms with E-state index in [0.717, 1.165) is 12.1 Å². The highest BCUT2D eigenvalue weighted by Gasteiger charge is 2.28. The van der Waals surface area contributed by atoms with Crippen LogP contribution in [0.1, 0.15) is 55.5 Å². The van der Waals surface area contributed by atoms with Gasteiger partial charge in [0.25, 0.3) is 11.8 Å². The van der Waals surface area contributed by atoms with Gasteiger partial charge in [-0.3, -0.25) is 9.59 Å². The molecule has 1 fully saturated rings. The molecular formula is C24H27F3N2O3. The molecule has 5 nitrogen and oxygen atoms in total. The van der Waals surface area contributed by atoms with Gasteiger partial charge in [0.15, 0.2) is 23.6 Å². The number of hydrogen-bond donors (Lipinski definition) is 1. The van der Waals surface area contributed by atoms with E-state index in [-0.39, 0.29) is 25.0 Å². The number of halogens is 3. The first-order chi connectivity index (χ1) is 15.2. The van der Waals surface area contributed by atoms with Crippen LogP contribution in [0, 0.1) is 17.5 Å². The lowest BCUT2D eigenvalue weighted by atomic mass is 10.0. The molecule has 172 valence electrons. The predicted octanol–water partition coefficient (Wildman–Crippen LogP) is 4.42. The van der Waals surface area contributed by atoms with Crippen LogP contribution < -0.4 is 10.1 Å². The van der Waals surface area contributed by atoms with Gasteiger partial charge in [-0.1, -0.05) is 26.0 Å². The fraction of sp³-hybridized carbons (Fsp3) is 0.417. The fourth-order valence-corrected chi connectivity index (χ4v) is 3.60. The third-order valence-corrected chi connectivity index (χ3v) is 5.62. The minimum atomic E-state index is -1.66. The molecule has 1 heterocycles. The summed E-state index contributed by atoms with van der Waals surface area (Å²) in [7, 11) is 0. The molecule has 2 amide bonds. The summed E-state index contributed by atoms with van der Waals surface area (Å²) < 4.78 is 46.2. The largest absolute Gasteiger partial charge is 0.481 e. The van der Waals surface area contributed by atoms with E-state index >= 15 is 0 Å². The number of hydrogen-bond acceptors (Lipinski definition) is 3. The van der Waals surface area contributed by atoms with Crippen molar-refractivity contribution in [3.8, 4) is 5.75 Å². The van der Waals surface area contributed by atoms with Gasteiger partial charge in [-0.05, 0) is 55.5 Å². The summed E-state index contributed by atoms with van der Waals surface area (Å²) in [5.74, 6) is -4.45. The van der Waals surface area contributed by atoms with E-state index in [1.165, 1.54) is 10.5 Å². The molecule has 2 aromatic carbocycles. The van der Waals surface area contributed by atoms with Gasteiger partial charge in [0.2, 0.25) is 0 Å². The second-order valence-corrected chi connectivity index (χ2v) is 8.28. The summed E-state index contributed by atoms with van der Waals surface area (Å²) in [6, 6.07) is 9.10. The van der Waals surface area contributed by atoms with Gasteiger partial charge in [-0.2, -0.15) is 0 Å². The Hall–Kier alpha value is -3.03. The van der Waals surface area contributed by atoms with Gasteiger partial charge in [-0.25, -0.2) is 13.2 Å². The Morgan fingerprint density at radius 2 is 1.59 bits per heavy atom. The topological polar surface area (TPSA) is 58.6 Å². The normalized spacial score (nSPS) is 15.5. The molecule has 0 aliphatic carbocycles. The lowest BCUT2D eigenvalue weighted by Gasteiger charge is -2.33. The van der Waals surface area contributed by atoms with Crippen molar-refractivity contribution < 1.29 is 27.5 Å². The maximum Gasteiger partial charge on any atom is 0.260 e. The number of likely N-dealkylation sites (tertiary alicyclic amines) is 1. The van der Waals surface area contributed by atoms with Crippen molar-refractivity contribution in [2.24, 2.45) is 0 Å². The smallest absolute Gasteiger partial charge is 0.260 e. The maximum absolute atomic E-state index is 13.9. The lowest BCUT2D eigenvalue weighted by molar-refractivity contribution is -0.128. The summed E-state index contributed by atoms with van der Waals surface area (Å²) in [6.07, 6.45) is 0.216. The highest BCUT2D eigenvalue weighted by atomic mass is 19.2. The SMILES string of the molecule is CC(Oc1ccc(C(C)C)cc1)C(=O)NC1CCN(C(=O)c2ccc(F)c(F)c2F)CC1. The standard InChI is InChI=1S/C24H27F3N2O3/c1-14(2)16-4-6-18(7-5-16)32-15(3)23(30)28-17-10-12-29(13-11-17)24(31)19-8-9-20(25)22(27)21(19)26/h4-9,14-15,17H,10-13H2,1-3H3,(H,28,30). The van der Waals surface area contributed by atoms with Crippen molar-refractivity contribution in [2.45, 2.75) is 51.7 Å². The van der Waals surface area contributed by atoms with Crippen LogP contribution in [-0.4, -0.2) is 41.9 Å². The third kappa shape index (κ3) is 5.41. The number of carbonyl (C=O) groups is 2. The van der Waals surface area contributed by atoms with Gasteiger partial charge in [0.05, 0.1) is 5.56 Å². The number of piperidine rings is 1. The van der Waals surface area contributed by atoms with Crippen LogP contribution >= 0.6 is 0 Å². The van der Waals surface area contributed by atoms with Crippen LogP contribution in [0.15, 0.2) is 36.4 Å². The molecule has 8 heteroatoms. The fourth-order valence-electron chi connectivity index (χ4n) is 3.60. The Morgan fingerprint density at radius 1 is 0.969 bits per heavy atom. The quantitative estimate of drug-likeness (QED) is 0.666. The Bertz CT molecular complexity index is 971. The molecule has 3 rings (SSSR count). The summed E-state index contributed by atoms with van der Waals surface area (Å²) >= 11 is 0. The zero-order valence-electron chi connectivity index (χ0n) is 18.3. The minimum Gasteiger partial charge on any atom is -0.481 e. The average molecular weight is 448 g/mol. The molecule has 0 spiro atoms. The Morgan fingerprint density at radius 3 is 2.19 bits per heavy atom. The number of ether oxygens (including phenoxy) is 1. The lowest BCUT2D eigenvalue weighted by Crippen LogP contribution is -2.49. The van der Waals surface area contributed by atoms with Crippen LogP contribution in [0.4, 0.5) is 13.2 Å². The van der Waals surface area contributed by atoms with E-state index in [2.05, 4.69) is 19.2 Å². The van der Waals surface area contributed by atoms with Crippen molar-refractivity contribution in [3.05, 3.63) is 65.0 Å². The first-order valence-electron chi connectivity index (χ1n) is 10.7. The van der Waals surface area contributed by atoms with Crippen molar-refractivity contribution in [1.29, 1.82) is 0 Å². The van der Waals surface area contributed by atoms with Gasteiger partial charge >= 0.3 is 0 Å². The Labute approximate surface area is 185 Å². The van der Waals surface area contributed by atoms with E-state index in [4.69, 9.17) is 4.74 Å². The number of nitrogens with one attached hydrogen (secondary N) is 1. The van der Waals surface area contributed by atoms with Gasteiger partial charge in [0, 0.05) is 19.1 Å². The summed E-state index contributed by atoms with van der Waals surface area (Å²) in [4.78, 5) is 26.3. The van der Waals surface area contributed by atoms with Crippen molar-refractivity contribution in [1.82, 2.24) is 10.2 Å². The summed E-state index contributed by atoms with van der Waals surface area (Å²) in [5, 5.41) is 2.91. The first-order valence-corrected chi connectivity index (χ1v) is 10.7. The molecule has 0 bridgehead atoms. The van der Waals surface area contributed by atoms with Crippen molar-refractivity contribution in [3.63, 3.8) is 0 Å². The molecule has 1 unspecified atom stereocenters. The number of rotatable bonds is 6. The molecule has 1 aliphatic rings. The van der Waals surface area contributed by atoms with Crippen LogP contribution in [0.25, 0.3) is 0 Å². The second kappa shape index (κ2) is 10.1. The average Bonchev–Trinajstić information content (AvgIpc) is 2.78. The van der Waals surface area contributed by atoms with Crippen molar-refractivity contribution >= 4 is 11.8 Å². The van der Waals surface area contributed by atoms with Crippen LogP contribution in [0.2, 0.25) is 0 Å². The van der Waals surface area contributed by atoms with E-state index in [1.807, 2.05) is 24.3 Å². The number of carbonyl (C=O) groups excluding carboxylic acids is 2. The molecule has 1 atom stereocenters. The second-order valence-electron chi connectivity index (χ2n) is 8.28. The van der Waals surface area contributed by atoms with E-state index < -0.39 is 35.0 Å². The van der Waals surface area contributed by atoms with E-state index in [0.29, 0.717) is 24.5 Å². The zero-order valence-corrected chi connectivity index (χ0v) is 18.3. The molecule has 0 aromatic heterocycles. The Balaban J connectivity index is 1.50. The highest BCUT2D eigenvalue weighted by Crippen LogP contribution is 2.21. The maximum atomic E-state index is 13.9. The monoisotopic (exact) mass is 448 g/mol. The number of benzene rings is 2. The molecule has 0 saturated carbocycles. The molecule has 32 heavy (non-hydrogen) atoms. The first kappa shape index (κ1) is 23.6. The summed E-state index contributed by atoms with van der Waals surface area (Å²) in [5.41, 5.74) is 0.677. The summed E-state index contributed by atoms with van der Waals surface area (Å²) in [6.45, 7) is 6.37. The van der Waals surface area contributed by atoms with Gasteiger partial charge in [0.1, 0.15) is 5.75 Å². The van der Waals surface area contributed by atoms with E-state index in [1.54, 1.807) is 6.92 Å². The van der Waals surface area contributed by atoms with Crippen LogP contribution in [-0.2, 0) is 4.79 Å².